The van der Waals surface area contributed by atoms with Crippen molar-refractivity contribution in [3.8, 4) is 17.3 Å². The summed E-state index contributed by atoms with van der Waals surface area (Å²) in [6, 6.07) is 7.95. The predicted octanol–water partition coefficient (Wildman–Crippen LogP) is 1.92. The van der Waals surface area contributed by atoms with Crippen molar-refractivity contribution in [2.45, 2.75) is 13.8 Å². The molecule has 20 heavy (non-hydrogen) atoms. The molecule has 2 heterocycles. The second kappa shape index (κ2) is 4.73. The highest BCUT2D eigenvalue weighted by molar-refractivity contribution is 5.59. The van der Waals surface area contributed by atoms with Crippen LogP contribution >= 0.6 is 0 Å². The van der Waals surface area contributed by atoms with Crippen LogP contribution in [0.1, 0.15) is 11.1 Å². The van der Waals surface area contributed by atoms with Gasteiger partial charge in [0.2, 0.25) is 5.95 Å². The summed E-state index contributed by atoms with van der Waals surface area (Å²) in [6.07, 6.45) is 3.43. The topological polar surface area (TPSA) is 82.5 Å². The summed E-state index contributed by atoms with van der Waals surface area (Å²) < 4.78 is 1.56. The molecule has 0 bridgehead atoms. The van der Waals surface area contributed by atoms with Crippen LogP contribution in [0.5, 0.6) is 0 Å². The molecule has 0 aliphatic heterocycles. The van der Waals surface area contributed by atoms with Gasteiger partial charge in [0.1, 0.15) is 0 Å². The van der Waals surface area contributed by atoms with Crippen LogP contribution in [0.2, 0.25) is 0 Å². The third-order valence-electron chi connectivity index (χ3n) is 2.83. The van der Waals surface area contributed by atoms with Crippen LogP contribution in [0.4, 0.5) is 5.95 Å². The predicted molar refractivity (Wildman–Crippen MR) is 76.3 cm³/mol. The second-order valence-corrected chi connectivity index (χ2v) is 4.64. The first-order valence-electron chi connectivity index (χ1n) is 6.22. The molecule has 2 aromatic heterocycles. The average Bonchev–Trinajstić information content (AvgIpc) is 2.90. The van der Waals surface area contributed by atoms with E-state index in [1.54, 1.807) is 23.1 Å². The zero-order valence-corrected chi connectivity index (χ0v) is 11.3. The maximum Gasteiger partial charge on any atom is 0.255 e. The van der Waals surface area contributed by atoms with Gasteiger partial charge < -0.3 is 5.73 Å². The summed E-state index contributed by atoms with van der Waals surface area (Å²) >= 11 is 0. The van der Waals surface area contributed by atoms with E-state index >= 15 is 0 Å². The summed E-state index contributed by atoms with van der Waals surface area (Å²) in [5.41, 5.74) is 9.00. The van der Waals surface area contributed by atoms with Crippen molar-refractivity contribution in [3.05, 3.63) is 47.8 Å². The fraction of sp³-hybridized carbons (Fsp3) is 0.143. The molecule has 1 aromatic carbocycles. The van der Waals surface area contributed by atoms with Gasteiger partial charge in [0.05, 0.1) is 0 Å². The summed E-state index contributed by atoms with van der Waals surface area (Å²) in [4.78, 5) is 12.7. The number of anilines is 1. The number of rotatable bonds is 2. The lowest BCUT2D eigenvalue weighted by Gasteiger charge is -2.06. The number of aromatic nitrogens is 5. The van der Waals surface area contributed by atoms with Gasteiger partial charge in [0.25, 0.3) is 5.95 Å². The minimum Gasteiger partial charge on any atom is -0.368 e. The van der Waals surface area contributed by atoms with Crippen LogP contribution in [0.25, 0.3) is 17.3 Å². The lowest BCUT2D eigenvalue weighted by atomic mass is 10.1. The Morgan fingerprint density at radius 2 is 1.75 bits per heavy atom. The van der Waals surface area contributed by atoms with Gasteiger partial charge in [-0.2, -0.15) is 20.1 Å². The van der Waals surface area contributed by atoms with Crippen LogP contribution in [-0.2, 0) is 0 Å². The van der Waals surface area contributed by atoms with Gasteiger partial charge in [0.15, 0.2) is 5.82 Å². The van der Waals surface area contributed by atoms with E-state index in [0.29, 0.717) is 11.8 Å². The minimum atomic E-state index is 0.180. The second-order valence-electron chi connectivity index (χ2n) is 4.64. The number of aryl methyl sites for hydroxylation is 2. The Morgan fingerprint density at radius 1 is 1.00 bits per heavy atom. The smallest absolute Gasteiger partial charge is 0.255 e. The molecule has 0 aliphatic carbocycles. The van der Waals surface area contributed by atoms with E-state index in [1.165, 1.54) is 0 Å². The largest absolute Gasteiger partial charge is 0.368 e. The molecule has 2 N–H and O–H groups in total. The van der Waals surface area contributed by atoms with E-state index in [4.69, 9.17) is 5.73 Å². The molecule has 0 spiro atoms. The van der Waals surface area contributed by atoms with Crippen LogP contribution in [0.15, 0.2) is 36.7 Å². The summed E-state index contributed by atoms with van der Waals surface area (Å²) in [7, 11) is 0. The standard InChI is InChI=1S/C14H14N6/c1-9-6-10(2)8-11(7-9)12-17-13(15)19-14(18-12)20-5-3-4-16-20/h3-8H,1-2H3,(H2,15,17,18,19). The van der Waals surface area contributed by atoms with Crippen molar-refractivity contribution < 1.29 is 0 Å². The number of benzene rings is 1. The highest BCUT2D eigenvalue weighted by atomic mass is 15.4. The van der Waals surface area contributed by atoms with E-state index < -0.39 is 0 Å². The zero-order chi connectivity index (χ0) is 14.1. The third kappa shape index (κ3) is 2.35. The summed E-state index contributed by atoms with van der Waals surface area (Å²) in [6.45, 7) is 4.07. The number of hydrogen-bond donors (Lipinski definition) is 1. The fourth-order valence-corrected chi connectivity index (χ4v) is 2.10. The number of hydrogen-bond acceptors (Lipinski definition) is 5. The van der Waals surface area contributed by atoms with Gasteiger partial charge >= 0.3 is 0 Å². The monoisotopic (exact) mass is 266 g/mol. The molecular weight excluding hydrogens is 252 g/mol. The minimum absolute atomic E-state index is 0.180. The Bertz CT molecular complexity index is 728. The van der Waals surface area contributed by atoms with Gasteiger partial charge in [-0.1, -0.05) is 17.2 Å². The number of nitrogen functional groups attached to an aromatic ring is 1. The Morgan fingerprint density at radius 3 is 2.40 bits per heavy atom. The van der Waals surface area contributed by atoms with Crippen molar-refractivity contribution in [1.82, 2.24) is 24.7 Å². The lowest BCUT2D eigenvalue weighted by Crippen LogP contribution is -2.08. The molecule has 0 atom stereocenters. The average molecular weight is 266 g/mol. The SMILES string of the molecule is Cc1cc(C)cc(-c2nc(N)nc(-n3cccn3)n2)c1. The molecule has 0 amide bonds. The van der Waals surface area contributed by atoms with Crippen LogP contribution < -0.4 is 5.73 Å². The molecule has 0 saturated heterocycles. The Balaban J connectivity index is 2.14. The van der Waals surface area contributed by atoms with Crippen molar-refractivity contribution in [2.75, 3.05) is 5.73 Å². The molecule has 0 aliphatic rings. The molecule has 3 rings (SSSR count). The maximum absolute atomic E-state index is 5.78. The van der Waals surface area contributed by atoms with Crippen molar-refractivity contribution in [2.24, 2.45) is 0 Å². The normalized spacial score (nSPS) is 10.7. The Kier molecular flexibility index (Phi) is 2.90. The van der Waals surface area contributed by atoms with Gasteiger partial charge in [-0.15, -0.1) is 0 Å². The summed E-state index contributed by atoms with van der Waals surface area (Å²) in [5.74, 6) is 1.14. The number of nitrogens with two attached hydrogens (primary N) is 1. The summed E-state index contributed by atoms with van der Waals surface area (Å²) in [5, 5.41) is 4.11. The van der Waals surface area contributed by atoms with Gasteiger partial charge in [-0.3, -0.25) is 0 Å². The molecule has 6 nitrogen and oxygen atoms in total. The van der Waals surface area contributed by atoms with Gasteiger partial charge in [-0.05, 0) is 32.0 Å². The molecule has 100 valence electrons. The first-order chi connectivity index (χ1) is 9.61. The molecule has 6 heteroatoms. The fourth-order valence-electron chi connectivity index (χ4n) is 2.10. The highest BCUT2D eigenvalue weighted by Crippen LogP contribution is 2.19. The first-order valence-corrected chi connectivity index (χ1v) is 6.22. The quantitative estimate of drug-likeness (QED) is 0.766. The van der Waals surface area contributed by atoms with E-state index in [1.807, 2.05) is 26.0 Å². The van der Waals surface area contributed by atoms with Gasteiger partial charge in [-0.25, -0.2) is 4.68 Å². The highest BCUT2D eigenvalue weighted by Gasteiger charge is 2.09. The zero-order valence-electron chi connectivity index (χ0n) is 11.3. The van der Waals surface area contributed by atoms with E-state index in [0.717, 1.165) is 16.7 Å². The van der Waals surface area contributed by atoms with Crippen molar-refractivity contribution in [3.63, 3.8) is 0 Å². The van der Waals surface area contributed by atoms with E-state index in [9.17, 15) is 0 Å². The molecular formula is C14H14N6. The molecule has 3 aromatic rings. The Hall–Kier alpha value is -2.76. The number of nitrogens with zero attached hydrogens (tertiary/aromatic N) is 5. The third-order valence-corrected chi connectivity index (χ3v) is 2.83. The molecule has 0 saturated carbocycles. The molecule has 0 fully saturated rings. The molecule has 0 unspecified atom stereocenters. The first kappa shape index (κ1) is 12.3. The molecule has 0 radical (unpaired) electrons. The van der Waals surface area contributed by atoms with E-state index in [2.05, 4.69) is 26.1 Å². The van der Waals surface area contributed by atoms with Crippen LogP contribution in [-0.4, -0.2) is 24.7 Å². The van der Waals surface area contributed by atoms with Crippen LogP contribution in [0.3, 0.4) is 0 Å². The van der Waals surface area contributed by atoms with Crippen molar-refractivity contribution >= 4 is 5.95 Å². The Labute approximate surface area is 116 Å². The van der Waals surface area contributed by atoms with Gasteiger partial charge in [0, 0.05) is 18.0 Å². The van der Waals surface area contributed by atoms with Crippen LogP contribution in [0, 0.1) is 13.8 Å². The lowest BCUT2D eigenvalue weighted by molar-refractivity contribution is 0.801. The van der Waals surface area contributed by atoms with Crippen molar-refractivity contribution in [1.29, 1.82) is 0 Å². The van der Waals surface area contributed by atoms with E-state index in [-0.39, 0.29) is 5.95 Å². The maximum atomic E-state index is 5.78.